The van der Waals surface area contributed by atoms with Gasteiger partial charge in [-0.3, -0.25) is 9.78 Å². The van der Waals surface area contributed by atoms with Crippen molar-refractivity contribution in [3.8, 4) is 0 Å². The Balaban J connectivity index is 2.54. The van der Waals surface area contributed by atoms with Gasteiger partial charge in [-0.1, -0.05) is 0 Å². The number of nitrogens with one attached hydrogen (secondary N) is 1. The monoisotopic (exact) mass is 239 g/mol. The second kappa shape index (κ2) is 6.50. The van der Waals surface area contributed by atoms with Gasteiger partial charge in [0.05, 0.1) is 17.4 Å². The Labute approximate surface area is 100 Å². The van der Waals surface area contributed by atoms with Crippen molar-refractivity contribution in [2.24, 2.45) is 5.73 Å². The van der Waals surface area contributed by atoms with Crippen molar-refractivity contribution >= 4 is 23.4 Å². The van der Waals surface area contributed by atoms with Gasteiger partial charge < -0.3 is 11.1 Å². The standard InChI is InChI=1S/C11H17N3OS/c1-8-10(4-3-6-13-8)14-11(15)9(12)5-7-16-2/h3-4,6,9H,5,7,12H2,1-2H3,(H,14,15)/t9-/m0/s1. The van der Waals surface area contributed by atoms with E-state index in [-0.39, 0.29) is 5.91 Å². The van der Waals surface area contributed by atoms with Crippen molar-refractivity contribution in [1.82, 2.24) is 4.98 Å². The van der Waals surface area contributed by atoms with E-state index in [2.05, 4.69) is 10.3 Å². The zero-order valence-electron chi connectivity index (χ0n) is 9.56. The third-order valence-corrected chi connectivity index (χ3v) is 2.88. The molecule has 88 valence electrons. The lowest BCUT2D eigenvalue weighted by molar-refractivity contribution is -0.117. The Kier molecular flexibility index (Phi) is 5.28. The quantitative estimate of drug-likeness (QED) is 0.815. The Morgan fingerprint density at radius 3 is 3.06 bits per heavy atom. The van der Waals surface area contributed by atoms with Crippen LogP contribution in [-0.4, -0.2) is 28.9 Å². The minimum Gasteiger partial charge on any atom is -0.323 e. The first-order valence-electron chi connectivity index (χ1n) is 5.12. The van der Waals surface area contributed by atoms with Crippen LogP contribution in [0.5, 0.6) is 0 Å². The number of nitrogens with two attached hydrogens (primary N) is 1. The minimum atomic E-state index is -0.452. The van der Waals surface area contributed by atoms with Crippen LogP contribution < -0.4 is 11.1 Å². The van der Waals surface area contributed by atoms with Crippen LogP contribution in [0.25, 0.3) is 0 Å². The molecule has 4 nitrogen and oxygen atoms in total. The fraction of sp³-hybridized carbons (Fsp3) is 0.455. The van der Waals surface area contributed by atoms with Gasteiger partial charge in [-0.25, -0.2) is 0 Å². The lowest BCUT2D eigenvalue weighted by Gasteiger charge is -2.12. The van der Waals surface area contributed by atoms with Gasteiger partial charge in [0.25, 0.3) is 0 Å². The molecule has 0 aliphatic carbocycles. The molecule has 0 aromatic carbocycles. The summed E-state index contributed by atoms with van der Waals surface area (Å²) in [5.41, 5.74) is 7.28. The molecule has 1 amide bonds. The number of anilines is 1. The second-order valence-electron chi connectivity index (χ2n) is 3.51. The number of aromatic nitrogens is 1. The lowest BCUT2D eigenvalue weighted by atomic mass is 10.2. The van der Waals surface area contributed by atoms with Crippen LogP contribution in [0, 0.1) is 6.92 Å². The Morgan fingerprint density at radius 2 is 2.44 bits per heavy atom. The highest BCUT2D eigenvalue weighted by Gasteiger charge is 2.13. The molecule has 1 atom stereocenters. The predicted molar refractivity (Wildman–Crippen MR) is 68.6 cm³/mol. The van der Waals surface area contributed by atoms with Crippen LogP contribution in [0.15, 0.2) is 18.3 Å². The van der Waals surface area contributed by atoms with E-state index in [1.54, 1.807) is 24.0 Å². The van der Waals surface area contributed by atoms with Gasteiger partial charge in [-0.2, -0.15) is 11.8 Å². The van der Waals surface area contributed by atoms with Gasteiger partial charge in [0.2, 0.25) is 5.91 Å². The highest BCUT2D eigenvalue weighted by molar-refractivity contribution is 7.98. The number of hydrogen-bond acceptors (Lipinski definition) is 4. The average Bonchev–Trinajstić information content (AvgIpc) is 2.28. The first kappa shape index (κ1) is 13.0. The maximum Gasteiger partial charge on any atom is 0.241 e. The van der Waals surface area contributed by atoms with Crippen molar-refractivity contribution in [1.29, 1.82) is 0 Å². The third kappa shape index (κ3) is 3.83. The predicted octanol–water partition coefficient (Wildman–Crippen LogP) is 1.41. The van der Waals surface area contributed by atoms with E-state index in [4.69, 9.17) is 5.73 Å². The van der Waals surface area contributed by atoms with E-state index >= 15 is 0 Å². The van der Waals surface area contributed by atoms with Crippen LogP contribution in [0.2, 0.25) is 0 Å². The van der Waals surface area contributed by atoms with Gasteiger partial charge >= 0.3 is 0 Å². The summed E-state index contributed by atoms with van der Waals surface area (Å²) in [6.07, 6.45) is 4.38. The number of hydrogen-bond donors (Lipinski definition) is 2. The second-order valence-corrected chi connectivity index (χ2v) is 4.50. The number of carbonyl (C=O) groups excluding carboxylic acids is 1. The molecule has 0 unspecified atom stereocenters. The summed E-state index contributed by atoms with van der Waals surface area (Å²) < 4.78 is 0. The van der Waals surface area contributed by atoms with E-state index in [1.165, 1.54) is 0 Å². The molecular weight excluding hydrogens is 222 g/mol. The van der Waals surface area contributed by atoms with Crippen LogP contribution in [0.3, 0.4) is 0 Å². The van der Waals surface area contributed by atoms with Gasteiger partial charge in [-0.15, -0.1) is 0 Å². The molecule has 3 N–H and O–H groups in total. The summed E-state index contributed by atoms with van der Waals surface area (Å²) in [5.74, 6) is 0.741. The SMILES string of the molecule is CSCC[C@H](N)C(=O)Nc1cccnc1C. The Bertz CT molecular complexity index is 357. The van der Waals surface area contributed by atoms with Crippen molar-refractivity contribution in [3.63, 3.8) is 0 Å². The normalized spacial score (nSPS) is 12.2. The van der Waals surface area contributed by atoms with Crippen LogP contribution in [0.1, 0.15) is 12.1 Å². The van der Waals surface area contributed by atoms with Crippen LogP contribution in [-0.2, 0) is 4.79 Å². The summed E-state index contributed by atoms with van der Waals surface area (Å²) in [5, 5.41) is 2.78. The van der Waals surface area contributed by atoms with Crippen molar-refractivity contribution < 1.29 is 4.79 Å². The fourth-order valence-corrected chi connectivity index (χ4v) is 1.71. The maximum atomic E-state index is 11.7. The van der Waals surface area contributed by atoms with E-state index < -0.39 is 6.04 Å². The molecule has 1 aromatic heterocycles. The van der Waals surface area contributed by atoms with E-state index in [1.807, 2.05) is 19.2 Å². The topological polar surface area (TPSA) is 68.0 Å². The molecule has 0 radical (unpaired) electrons. The van der Waals surface area contributed by atoms with Gasteiger partial charge in [0.15, 0.2) is 0 Å². The highest BCUT2D eigenvalue weighted by Crippen LogP contribution is 2.11. The Hall–Kier alpha value is -1.07. The summed E-state index contributed by atoms with van der Waals surface area (Å²) in [4.78, 5) is 15.8. The number of rotatable bonds is 5. The molecular formula is C11H17N3OS. The van der Waals surface area contributed by atoms with Gasteiger partial charge in [0, 0.05) is 6.20 Å². The molecule has 1 aromatic rings. The number of nitrogens with zero attached hydrogens (tertiary/aromatic N) is 1. The number of amides is 1. The van der Waals surface area contributed by atoms with Crippen molar-refractivity contribution in [2.45, 2.75) is 19.4 Å². The molecule has 0 fully saturated rings. The zero-order valence-corrected chi connectivity index (χ0v) is 10.4. The largest absolute Gasteiger partial charge is 0.323 e. The molecule has 0 bridgehead atoms. The smallest absolute Gasteiger partial charge is 0.241 e. The Morgan fingerprint density at radius 1 is 1.69 bits per heavy atom. The average molecular weight is 239 g/mol. The number of carbonyl (C=O) groups is 1. The number of aryl methyl sites for hydroxylation is 1. The summed E-state index contributed by atoms with van der Waals surface area (Å²) >= 11 is 1.68. The third-order valence-electron chi connectivity index (χ3n) is 2.23. The molecule has 0 spiro atoms. The first-order valence-corrected chi connectivity index (χ1v) is 6.51. The molecule has 16 heavy (non-hydrogen) atoms. The molecule has 1 rings (SSSR count). The zero-order chi connectivity index (χ0) is 12.0. The van der Waals surface area contributed by atoms with Crippen LogP contribution in [0.4, 0.5) is 5.69 Å². The summed E-state index contributed by atoms with van der Waals surface area (Å²) in [7, 11) is 0. The maximum absolute atomic E-state index is 11.7. The van der Waals surface area contributed by atoms with Crippen molar-refractivity contribution in [2.75, 3.05) is 17.3 Å². The fourth-order valence-electron chi connectivity index (χ4n) is 1.22. The lowest BCUT2D eigenvalue weighted by Crippen LogP contribution is -2.36. The van der Waals surface area contributed by atoms with Crippen LogP contribution >= 0.6 is 11.8 Å². The molecule has 5 heteroatoms. The molecule has 0 aliphatic heterocycles. The molecule has 0 aliphatic rings. The van der Waals surface area contributed by atoms with Crippen molar-refractivity contribution in [3.05, 3.63) is 24.0 Å². The molecule has 0 saturated heterocycles. The van der Waals surface area contributed by atoms with Gasteiger partial charge in [-0.05, 0) is 37.5 Å². The summed E-state index contributed by atoms with van der Waals surface area (Å²) in [6.45, 7) is 1.85. The van der Waals surface area contributed by atoms with E-state index in [9.17, 15) is 4.79 Å². The van der Waals surface area contributed by atoms with E-state index in [0.29, 0.717) is 6.42 Å². The minimum absolute atomic E-state index is 0.148. The van der Waals surface area contributed by atoms with Gasteiger partial charge in [0.1, 0.15) is 0 Å². The number of pyridine rings is 1. The van der Waals surface area contributed by atoms with E-state index in [0.717, 1.165) is 17.1 Å². The molecule has 0 saturated carbocycles. The molecule has 1 heterocycles. The summed E-state index contributed by atoms with van der Waals surface area (Å²) in [6, 6.07) is 3.16. The highest BCUT2D eigenvalue weighted by atomic mass is 32.2. The first-order chi connectivity index (χ1) is 7.65. The number of thioether (sulfide) groups is 1.